The molecule has 30 heavy (non-hydrogen) atoms. The number of likely N-dealkylation sites (tertiary alicyclic amines) is 1. The maximum atomic E-state index is 13.0. The van der Waals surface area contributed by atoms with Gasteiger partial charge in [-0.1, -0.05) is 6.42 Å². The van der Waals surface area contributed by atoms with Crippen LogP contribution >= 0.6 is 0 Å². The van der Waals surface area contributed by atoms with E-state index in [4.69, 9.17) is 9.47 Å². The smallest absolute Gasteiger partial charge is 0.319 e. The first-order valence-electron chi connectivity index (χ1n) is 10.6. The van der Waals surface area contributed by atoms with E-state index in [-0.39, 0.29) is 23.8 Å². The molecule has 1 saturated carbocycles. The molecule has 3 heterocycles. The highest BCUT2D eigenvalue weighted by molar-refractivity contribution is 5.94. The van der Waals surface area contributed by atoms with Crippen molar-refractivity contribution in [1.29, 1.82) is 0 Å². The molecule has 0 spiro atoms. The molecule has 2 bridgehead atoms. The number of aliphatic hydroxyl groups is 1. The Balaban J connectivity index is 1.66. The topological polar surface area (TPSA) is 97.7 Å². The summed E-state index contributed by atoms with van der Waals surface area (Å²) in [7, 11) is 0. The molecule has 2 aromatic rings. The van der Waals surface area contributed by atoms with Crippen LogP contribution in [-0.4, -0.2) is 57.2 Å². The van der Waals surface area contributed by atoms with Crippen LogP contribution in [-0.2, 0) is 5.60 Å². The van der Waals surface area contributed by atoms with Crippen LogP contribution < -0.4 is 9.47 Å². The van der Waals surface area contributed by atoms with Gasteiger partial charge in [0.15, 0.2) is 0 Å². The lowest BCUT2D eigenvalue weighted by molar-refractivity contribution is -0.141. The number of amides is 1. The third-order valence-corrected chi connectivity index (χ3v) is 6.14. The maximum Gasteiger partial charge on any atom is 0.319 e. The van der Waals surface area contributed by atoms with Crippen LogP contribution in [0, 0.1) is 11.8 Å². The van der Waals surface area contributed by atoms with Crippen LogP contribution in [0.15, 0.2) is 30.7 Å². The lowest BCUT2D eigenvalue weighted by Gasteiger charge is -2.53. The molecule has 1 saturated heterocycles. The molecule has 0 radical (unpaired) electrons. The molecule has 1 aliphatic carbocycles. The van der Waals surface area contributed by atoms with Crippen molar-refractivity contribution in [3.63, 3.8) is 0 Å². The summed E-state index contributed by atoms with van der Waals surface area (Å²) in [6.07, 6.45) is 7.54. The Morgan fingerprint density at radius 2 is 1.93 bits per heavy atom. The van der Waals surface area contributed by atoms with Gasteiger partial charge >= 0.3 is 6.01 Å². The van der Waals surface area contributed by atoms with Gasteiger partial charge in [-0.2, -0.15) is 4.98 Å². The Morgan fingerprint density at radius 3 is 2.57 bits per heavy atom. The van der Waals surface area contributed by atoms with E-state index in [1.165, 1.54) is 0 Å². The van der Waals surface area contributed by atoms with Crippen molar-refractivity contribution in [1.82, 2.24) is 19.9 Å². The number of carbonyl (C=O) groups is 1. The van der Waals surface area contributed by atoms with Crippen molar-refractivity contribution < 1.29 is 19.4 Å². The zero-order valence-corrected chi connectivity index (χ0v) is 17.5. The number of ether oxygens (including phenoxy) is 2. The van der Waals surface area contributed by atoms with E-state index in [1.807, 2.05) is 18.7 Å². The molecule has 2 fully saturated rings. The standard InChI is InChI=1S/C22H28N4O4/c1-3-29-19-18(12-24-21(25-19)30-4-2)22(28)16-8-5-9-17(22)14-26(13-16)20(27)15-7-6-10-23-11-15/h6-7,10-12,16-17,28H,3-5,8-9,13-14H2,1-2H3/t16-,17-/m0/s1. The second-order valence-corrected chi connectivity index (χ2v) is 7.84. The second kappa shape index (κ2) is 8.55. The molecule has 8 nitrogen and oxygen atoms in total. The first kappa shape index (κ1) is 20.5. The quantitative estimate of drug-likeness (QED) is 0.778. The van der Waals surface area contributed by atoms with Gasteiger partial charge in [-0.15, -0.1) is 0 Å². The minimum absolute atomic E-state index is 0.0463. The van der Waals surface area contributed by atoms with Crippen molar-refractivity contribution in [2.24, 2.45) is 11.8 Å². The predicted octanol–water partition coefficient (Wildman–Crippen LogP) is 2.43. The molecule has 0 aromatic carbocycles. The summed E-state index contributed by atoms with van der Waals surface area (Å²) < 4.78 is 11.2. The van der Waals surface area contributed by atoms with E-state index in [0.717, 1.165) is 19.3 Å². The van der Waals surface area contributed by atoms with E-state index in [9.17, 15) is 9.90 Å². The fourth-order valence-electron chi connectivity index (χ4n) is 4.80. The summed E-state index contributed by atoms with van der Waals surface area (Å²) in [4.78, 5) is 27.6. The molecule has 0 unspecified atom stereocenters. The highest BCUT2D eigenvalue weighted by atomic mass is 16.5. The van der Waals surface area contributed by atoms with Crippen molar-refractivity contribution >= 4 is 5.91 Å². The van der Waals surface area contributed by atoms with Crippen LogP contribution in [0.4, 0.5) is 0 Å². The number of fused-ring (bicyclic) bond motifs is 2. The van der Waals surface area contributed by atoms with Gasteiger partial charge < -0.3 is 19.5 Å². The first-order chi connectivity index (χ1) is 14.6. The molecule has 1 N–H and O–H groups in total. The van der Waals surface area contributed by atoms with Crippen LogP contribution in [0.2, 0.25) is 0 Å². The number of rotatable bonds is 6. The molecule has 2 atom stereocenters. The predicted molar refractivity (Wildman–Crippen MR) is 109 cm³/mol. The second-order valence-electron chi connectivity index (χ2n) is 7.84. The summed E-state index contributed by atoms with van der Waals surface area (Å²) in [5.74, 6) is 0.0788. The minimum atomic E-state index is -1.14. The molecule has 1 aliphatic heterocycles. The maximum absolute atomic E-state index is 13.0. The van der Waals surface area contributed by atoms with E-state index in [0.29, 0.717) is 43.3 Å². The number of piperidine rings is 1. The Kier molecular flexibility index (Phi) is 5.85. The van der Waals surface area contributed by atoms with Crippen LogP contribution in [0.5, 0.6) is 11.9 Å². The van der Waals surface area contributed by atoms with Crippen molar-refractivity contribution in [3.05, 3.63) is 41.9 Å². The number of hydrogen-bond donors (Lipinski definition) is 1. The number of carbonyl (C=O) groups excluding carboxylic acids is 1. The molecule has 2 aliphatic rings. The third kappa shape index (κ3) is 3.60. The van der Waals surface area contributed by atoms with Gasteiger partial charge in [0.05, 0.1) is 24.3 Å². The Hall–Kier alpha value is -2.74. The monoisotopic (exact) mass is 412 g/mol. The lowest BCUT2D eigenvalue weighted by atomic mass is 9.63. The van der Waals surface area contributed by atoms with Crippen LogP contribution in [0.3, 0.4) is 0 Å². The molecular weight excluding hydrogens is 384 g/mol. The molecule has 2 aromatic heterocycles. The average Bonchev–Trinajstić information content (AvgIpc) is 2.74. The zero-order chi connectivity index (χ0) is 21.1. The summed E-state index contributed by atoms with van der Waals surface area (Å²) >= 11 is 0. The highest BCUT2D eigenvalue weighted by Gasteiger charge is 2.54. The number of pyridine rings is 1. The van der Waals surface area contributed by atoms with Gasteiger partial charge in [-0.25, -0.2) is 4.98 Å². The fourth-order valence-corrected chi connectivity index (χ4v) is 4.80. The van der Waals surface area contributed by atoms with E-state index < -0.39 is 5.60 Å². The van der Waals surface area contributed by atoms with Gasteiger partial charge in [0, 0.05) is 43.5 Å². The zero-order valence-electron chi connectivity index (χ0n) is 17.5. The van der Waals surface area contributed by atoms with Crippen LogP contribution in [0.1, 0.15) is 49.0 Å². The lowest BCUT2D eigenvalue weighted by Crippen LogP contribution is -2.59. The molecule has 160 valence electrons. The van der Waals surface area contributed by atoms with Crippen molar-refractivity contribution in [3.8, 4) is 11.9 Å². The molecule has 8 heteroatoms. The Morgan fingerprint density at radius 1 is 1.20 bits per heavy atom. The normalized spacial score (nSPS) is 25.6. The Labute approximate surface area is 176 Å². The Bertz CT molecular complexity index is 878. The van der Waals surface area contributed by atoms with Gasteiger partial charge in [0.2, 0.25) is 5.88 Å². The largest absolute Gasteiger partial charge is 0.478 e. The van der Waals surface area contributed by atoms with E-state index in [2.05, 4.69) is 15.0 Å². The van der Waals surface area contributed by atoms with Gasteiger partial charge in [-0.05, 0) is 38.8 Å². The van der Waals surface area contributed by atoms with E-state index in [1.54, 1.807) is 30.7 Å². The van der Waals surface area contributed by atoms with Gasteiger partial charge in [-0.3, -0.25) is 9.78 Å². The third-order valence-electron chi connectivity index (χ3n) is 6.14. The highest BCUT2D eigenvalue weighted by Crippen LogP contribution is 2.51. The summed E-state index contributed by atoms with van der Waals surface area (Å²) in [6, 6.07) is 3.78. The number of hydrogen-bond acceptors (Lipinski definition) is 7. The van der Waals surface area contributed by atoms with Crippen molar-refractivity contribution in [2.45, 2.75) is 38.7 Å². The first-order valence-corrected chi connectivity index (χ1v) is 10.6. The molecular formula is C22H28N4O4. The SMILES string of the molecule is CCOc1ncc(C2(O)[C@H]3CCC[C@H]2CN(C(=O)c2cccnc2)C3)c(OCC)n1. The minimum Gasteiger partial charge on any atom is -0.478 e. The molecule has 4 rings (SSSR count). The average molecular weight is 412 g/mol. The van der Waals surface area contributed by atoms with Crippen molar-refractivity contribution in [2.75, 3.05) is 26.3 Å². The summed E-state index contributed by atoms with van der Waals surface area (Å²) in [5, 5.41) is 12.0. The molecule has 1 amide bonds. The van der Waals surface area contributed by atoms with E-state index >= 15 is 0 Å². The van der Waals surface area contributed by atoms with Gasteiger partial charge in [0.25, 0.3) is 5.91 Å². The van der Waals surface area contributed by atoms with Gasteiger partial charge in [0.1, 0.15) is 5.60 Å². The number of nitrogens with zero attached hydrogens (tertiary/aromatic N) is 4. The summed E-state index contributed by atoms with van der Waals surface area (Å²) in [6.45, 7) is 5.56. The fraction of sp³-hybridized carbons (Fsp3) is 0.545. The summed E-state index contributed by atoms with van der Waals surface area (Å²) in [5.41, 5.74) is 0.0237. The van der Waals surface area contributed by atoms with Crippen LogP contribution in [0.25, 0.3) is 0 Å². The number of aromatic nitrogens is 3.